The largest absolute Gasteiger partial charge is 0.256 e. The van der Waals surface area contributed by atoms with Gasteiger partial charge >= 0.3 is 0 Å². The second kappa shape index (κ2) is 26.9. The van der Waals surface area contributed by atoms with Gasteiger partial charge in [0.25, 0.3) is 0 Å². The molecule has 27 aromatic rings. The zero-order chi connectivity index (χ0) is 87.8. The van der Waals surface area contributed by atoms with E-state index >= 15 is 0 Å². The minimum absolute atomic E-state index is 0.340. The minimum atomic E-state index is -0.437. The molecule has 4 heteroatoms. The Labute approximate surface area is 776 Å². The maximum absolute atomic E-state index is 5.09. The molecule has 618 valence electrons. The maximum Gasteiger partial charge on any atom is 0.164 e. The summed E-state index contributed by atoms with van der Waals surface area (Å²) in [6.45, 7) is 0. The van der Waals surface area contributed by atoms with Crippen molar-refractivity contribution >= 4 is 129 Å². The first-order valence-corrected chi connectivity index (χ1v) is 47.0. The number of benzene rings is 25. The summed E-state index contributed by atoms with van der Waals surface area (Å²) in [7, 11) is 0. The van der Waals surface area contributed by atoms with Gasteiger partial charge in [0.2, 0.25) is 0 Å². The van der Waals surface area contributed by atoms with Crippen LogP contribution in [0.2, 0.25) is 0 Å². The normalized spacial score (nSPS) is 16.1. The summed E-state index contributed by atoms with van der Waals surface area (Å²) in [4.78, 5) is 19.8. The second-order valence-electron chi connectivity index (χ2n) is 37.7. The molecule has 0 saturated heterocycles. The van der Waals surface area contributed by atoms with E-state index in [0.717, 1.165) is 27.9 Å². The lowest BCUT2D eigenvalue weighted by Crippen LogP contribution is -2.26. The van der Waals surface area contributed by atoms with Crippen LogP contribution in [0.4, 0.5) is 0 Å². The van der Waals surface area contributed by atoms with Crippen molar-refractivity contribution in [3.63, 3.8) is 0 Å². The van der Waals surface area contributed by atoms with Gasteiger partial charge < -0.3 is 0 Å². The number of hydrogen-bond acceptors (Lipinski definition) is 4. The van der Waals surface area contributed by atoms with Gasteiger partial charge in [-0.15, -0.1) is 0 Å². The van der Waals surface area contributed by atoms with Gasteiger partial charge in [-0.1, -0.05) is 413 Å². The van der Waals surface area contributed by atoms with Crippen LogP contribution in [0.1, 0.15) is 66.8 Å². The van der Waals surface area contributed by atoms with Crippen molar-refractivity contribution in [1.29, 1.82) is 0 Å². The lowest BCUT2D eigenvalue weighted by molar-refractivity contribution is 0.797. The highest BCUT2D eigenvalue weighted by atomic mass is 15.0. The molecule has 0 amide bonds. The fraction of sp³-hybridized carbons (Fsp3) is 0.0229. The van der Waals surface area contributed by atoms with E-state index in [2.05, 4.69) is 405 Å². The molecule has 25 aromatic carbocycles. The van der Waals surface area contributed by atoms with Crippen molar-refractivity contribution in [2.45, 2.75) is 16.2 Å². The van der Waals surface area contributed by atoms with E-state index < -0.39 is 5.41 Å². The Morgan fingerprint density at radius 3 is 0.793 bits per heavy atom. The molecular formula is C131H74N4. The number of hydrogen-bond donors (Lipinski definition) is 0. The van der Waals surface area contributed by atoms with Crippen LogP contribution in [-0.2, 0) is 16.2 Å². The smallest absolute Gasteiger partial charge is 0.164 e. The average molecular weight is 1700 g/mol. The van der Waals surface area contributed by atoms with Crippen molar-refractivity contribution in [3.05, 3.63) is 516 Å². The maximum atomic E-state index is 5.09. The van der Waals surface area contributed by atoms with Crippen molar-refractivity contribution in [2.24, 2.45) is 0 Å². The highest BCUT2D eigenvalue weighted by molar-refractivity contribution is 6.40. The fourth-order valence-electron chi connectivity index (χ4n) is 26.5. The fourth-order valence-corrected chi connectivity index (χ4v) is 26.5. The minimum Gasteiger partial charge on any atom is -0.256 e. The van der Waals surface area contributed by atoms with Gasteiger partial charge in [-0.05, 0) is 282 Å². The molecule has 0 saturated carbocycles. The molecule has 0 N–H and O–H groups in total. The van der Waals surface area contributed by atoms with Crippen LogP contribution in [0, 0.1) is 0 Å². The summed E-state index contributed by atoms with van der Waals surface area (Å²) in [5.74, 6) is 2.00. The molecule has 2 heterocycles. The molecule has 6 aliphatic rings. The van der Waals surface area contributed by atoms with Crippen LogP contribution in [0.15, 0.2) is 449 Å². The highest BCUT2D eigenvalue weighted by Crippen LogP contribution is 2.69. The predicted molar refractivity (Wildman–Crippen MR) is 559 cm³/mol. The Hall–Kier alpha value is -17.4. The molecule has 6 aliphatic carbocycles. The van der Waals surface area contributed by atoms with E-state index in [1.807, 2.05) is 48.7 Å². The Bertz CT molecular complexity index is 9820. The number of fused-ring (bicyclic) bond motifs is 24. The lowest BCUT2D eigenvalue weighted by Gasteiger charge is -2.31. The first-order valence-electron chi connectivity index (χ1n) is 47.0. The number of rotatable bonds is 6. The third kappa shape index (κ3) is 9.44. The molecule has 0 radical (unpaired) electrons. The average Bonchev–Trinajstić information content (AvgIpc) is 1.52. The van der Waals surface area contributed by atoms with E-state index in [1.165, 1.54) is 252 Å². The van der Waals surface area contributed by atoms with Crippen LogP contribution in [0.5, 0.6) is 0 Å². The third-order valence-corrected chi connectivity index (χ3v) is 31.7. The first kappa shape index (κ1) is 73.4. The van der Waals surface area contributed by atoms with E-state index in [-0.39, 0.29) is 10.8 Å². The number of nitrogens with zero attached hydrogens (tertiary/aromatic N) is 4. The van der Waals surface area contributed by atoms with Gasteiger partial charge in [0, 0.05) is 28.5 Å². The van der Waals surface area contributed by atoms with Crippen LogP contribution in [0.25, 0.3) is 230 Å². The Balaban J connectivity index is 0.0000000953. The van der Waals surface area contributed by atoms with Gasteiger partial charge in [-0.3, -0.25) is 4.98 Å². The van der Waals surface area contributed by atoms with Crippen molar-refractivity contribution in [2.75, 3.05) is 0 Å². The van der Waals surface area contributed by atoms with E-state index in [4.69, 9.17) is 15.0 Å². The molecular weight excluding hydrogens is 1630 g/mol. The monoisotopic (exact) mass is 1700 g/mol. The predicted octanol–water partition coefficient (Wildman–Crippen LogP) is 32.8. The summed E-state index contributed by atoms with van der Waals surface area (Å²) in [5, 5.41) is 32.8. The van der Waals surface area contributed by atoms with Gasteiger partial charge in [-0.2, -0.15) is 0 Å². The standard InChI is InChI=1S/C48H27N3.C45H26.C38H21N/c1-3-11-30(12-4-1)45-49-46(31-13-5-2-6-14-31)51-47(50-45)32-24-25-38-36(27-32)33-16-7-8-19-37(33)48(38)39-20-10-18-35-34-17-9-15-28-21-22-29-23-26-40(48)44(43(35)39)42(29)41(28)34;1-2-8-27(9-3-1)28-16-18-29(19-17-28)32-23-24-38-36(26-32)33-11-4-5-14-37(33)45(38)39-15-7-13-35-34-12-6-10-30-20-21-31-22-25-40(45)44(43(35)39)42(31)41(30)34;1-2-11-29-25(8-1)28-21-24(33-13-3-4-20-39-33)17-18-30(28)38(29)31-12-6-10-27-26-9-5-7-22-14-15-23-16-19-32(38)37(36(27)31)35(23)34(22)26/h1-27H;1-26H;1-21H. The molecule has 3 spiro atoms. The van der Waals surface area contributed by atoms with E-state index in [1.54, 1.807) is 0 Å². The topological polar surface area (TPSA) is 51.6 Å². The number of aromatic nitrogens is 4. The van der Waals surface area contributed by atoms with Crippen molar-refractivity contribution in [3.8, 4) is 101 Å². The SMILES string of the molecule is c1ccc(-c2ccc(-c3ccc4c(c3)-c3ccccc3C43c4cccc5c6cccc7ccc8ccc3c(c45)c8c76)cc2)cc1.c1ccc(-c2ccc3c(c2)-c2ccccc2C32c3cccc4c5cccc6ccc7ccc2c(c34)c7c65)nc1.c1ccc(-c2nc(-c3ccccc3)nc(-c3ccc4c(c3)-c3ccccc3C43c4cccc5c6cccc7ccc8ccc3c(c45)c8c76)n2)cc1. The van der Waals surface area contributed by atoms with E-state index in [0.29, 0.717) is 17.5 Å². The van der Waals surface area contributed by atoms with E-state index in [9.17, 15) is 0 Å². The summed E-state index contributed by atoms with van der Waals surface area (Å²) in [6, 6.07) is 164. The van der Waals surface area contributed by atoms with Crippen LogP contribution >= 0.6 is 0 Å². The quantitative estimate of drug-likeness (QED) is 0.123. The molecule has 0 bridgehead atoms. The third-order valence-electron chi connectivity index (χ3n) is 31.7. The molecule has 0 fully saturated rings. The van der Waals surface area contributed by atoms with Gasteiger partial charge in [-0.25, -0.2) is 15.0 Å². The summed E-state index contributed by atoms with van der Waals surface area (Å²) in [6.07, 6.45) is 1.88. The molecule has 33 rings (SSSR count). The molecule has 3 atom stereocenters. The zero-order valence-corrected chi connectivity index (χ0v) is 73.0. The van der Waals surface area contributed by atoms with Crippen LogP contribution in [-0.4, -0.2) is 19.9 Å². The van der Waals surface area contributed by atoms with Crippen molar-refractivity contribution < 1.29 is 0 Å². The van der Waals surface area contributed by atoms with Gasteiger partial charge in [0.1, 0.15) is 0 Å². The molecule has 135 heavy (non-hydrogen) atoms. The zero-order valence-electron chi connectivity index (χ0n) is 73.0. The lowest BCUT2D eigenvalue weighted by atomic mass is 9.70. The Morgan fingerprint density at radius 2 is 0.400 bits per heavy atom. The summed E-state index contributed by atoms with van der Waals surface area (Å²) >= 11 is 0. The molecule has 0 aliphatic heterocycles. The Kier molecular flexibility index (Phi) is 14.6. The number of pyridine rings is 1. The van der Waals surface area contributed by atoms with Crippen LogP contribution in [0.3, 0.4) is 0 Å². The first-order chi connectivity index (χ1) is 67.0. The van der Waals surface area contributed by atoms with Gasteiger partial charge in [0.15, 0.2) is 17.5 Å². The summed E-state index contributed by atoms with van der Waals surface area (Å²) in [5.41, 5.74) is 33.3. The van der Waals surface area contributed by atoms with Gasteiger partial charge in [0.05, 0.1) is 21.9 Å². The molecule has 2 aromatic heterocycles. The van der Waals surface area contributed by atoms with Crippen LogP contribution < -0.4 is 0 Å². The van der Waals surface area contributed by atoms with Crippen molar-refractivity contribution in [1.82, 2.24) is 19.9 Å². The molecule has 4 nitrogen and oxygen atoms in total. The Morgan fingerprint density at radius 1 is 0.141 bits per heavy atom. The molecule has 3 unspecified atom stereocenters. The second-order valence-corrected chi connectivity index (χ2v) is 37.7. The highest BCUT2D eigenvalue weighted by Gasteiger charge is 2.55. The summed E-state index contributed by atoms with van der Waals surface area (Å²) < 4.78 is 0.